The zero-order valence-corrected chi connectivity index (χ0v) is 9.34. The predicted molar refractivity (Wildman–Crippen MR) is 57.2 cm³/mol. The van der Waals surface area contributed by atoms with Crippen LogP contribution in [-0.4, -0.2) is 50.1 Å². The van der Waals surface area contributed by atoms with E-state index in [1.54, 1.807) is 0 Å². The quantitative estimate of drug-likeness (QED) is 0.645. The lowest BCUT2D eigenvalue weighted by Gasteiger charge is -2.21. The third kappa shape index (κ3) is 3.64. The van der Waals surface area contributed by atoms with Gasteiger partial charge in [-0.3, -0.25) is 4.79 Å². The van der Waals surface area contributed by atoms with E-state index < -0.39 is 0 Å². The summed E-state index contributed by atoms with van der Waals surface area (Å²) in [6.07, 6.45) is 1.66. The van der Waals surface area contributed by atoms with Crippen molar-refractivity contribution in [3.63, 3.8) is 0 Å². The molecule has 2 atom stereocenters. The number of likely N-dealkylation sites (N-methyl/N-ethyl adjacent to an activating group) is 1. The summed E-state index contributed by atoms with van der Waals surface area (Å²) >= 11 is 0. The largest absolute Gasteiger partial charge is 0.352 e. The van der Waals surface area contributed by atoms with E-state index in [1.807, 2.05) is 0 Å². The highest BCUT2D eigenvalue weighted by molar-refractivity contribution is 5.78. The molecule has 1 amide bonds. The second kappa shape index (κ2) is 5.32. The minimum absolute atomic E-state index is 0.192. The van der Waals surface area contributed by atoms with Crippen molar-refractivity contribution in [1.82, 2.24) is 15.5 Å². The van der Waals surface area contributed by atoms with E-state index in [1.165, 1.54) is 0 Å². The van der Waals surface area contributed by atoms with Gasteiger partial charge in [0.1, 0.15) is 0 Å². The Kier molecular flexibility index (Phi) is 4.35. The smallest absolute Gasteiger partial charge is 0.220 e. The van der Waals surface area contributed by atoms with Gasteiger partial charge in [-0.2, -0.15) is 0 Å². The lowest BCUT2D eigenvalue weighted by atomic mass is 10.2. The van der Waals surface area contributed by atoms with Crippen molar-refractivity contribution in [3.8, 4) is 0 Å². The van der Waals surface area contributed by atoms with Gasteiger partial charge in [-0.1, -0.05) is 0 Å². The number of nitrogens with one attached hydrogen (secondary N) is 2. The maximum Gasteiger partial charge on any atom is 0.220 e. The molecule has 0 aromatic rings. The van der Waals surface area contributed by atoms with E-state index in [-0.39, 0.29) is 5.91 Å². The molecule has 1 heterocycles. The summed E-state index contributed by atoms with van der Waals surface area (Å²) in [6.45, 7) is 4.05. The first-order valence-electron chi connectivity index (χ1n) is 5.26. The standard InChI is InChI=1S/C10H21N3O/c1-8(13(2)3)6-11-7-9-4-5-10(14)12-9/h8-9,11H,4-7H2,1-3H3,(H,12,14). The van der Waals surface area contributed by atoms with Gasteiger partial charge in [-0.05, 0) is 27.4 Å². The van der Waals surface area contributed by atoms with E-state index >= 15 is 0 Å². The molecule has 1 saturated heterocycles. The molecule has 0 bridgehead atoms. The van der Waals surface area contributed by atoms with Crippen molar-refractivity contribution in [2.24, 2.45) is 0 Å². The van der Waals surface area contributed by atoms with Gasteiger partial charge >= 0.3 is 0 Å². The van der Waals surface area contributed by atoms with Crippen LogP contribution in [0.25, 0.3) is 0 Å². The summed E-state index contributed by atoms with van der Waals surface area (Å²) < 4.78 is 0. The predicted octanol–water partition coefficient (Wildman–Crippen LogP) is -0.195. The third-order valence-corrected chi connectivity index (χ3v) is 2.80. The maximum atomic E-state index is 10.9. The molecule has 82 valence electrons. The number of carbonyl (C=O) groups excluding carboxylic acids is 1. The molecule has 1 aliphatic rings. The van der Waals surface area contributed by atoms with Crippen molar-refractivity contribution >= 4 is 5.91 Å². The summed E-state index contributed by atoms with van der Waals surface area (Å²) in [6, 6.07) is 0.879. The van der Waals surface area contributed by atoms with Crippen molar-refractivity contribution in [1.29, 1.82) is 0 Å². The topological polar surface area (TPSA) is 44.4 Å². The van der Waals surface area contributed by atoms with Crippen molar-refractivity contribution in [2.75, 3.05) is 27.2 Å². The lowest BCUT2D eigenvalue weighted by Crippen LogP contribution is -2.41. The van der Waals surface area contributed by atoms with Crippen LogP contribution < -0.4 is 10.6 Å². The van der Waals surface area contributed by atoms with E-state index in [0.29, 0.717) is 18.5 Å². The highest BCUT2D eigenvalue weighted by atomic mass is 16.1. The Morgan fingerprint density at radius 2 is 2.36 bits per heavy atom. The highest BCUT2D eigenvalue weighted by Gasteiger charge is 2.19. The Balaban J connectivity index is 2.07. The van der Waals surface area contributed by atoms with Crippen LogP contribution in [0.1, 0.15) is 19.8 Å². The van der Waals surface area contributed by atoms with E-state index in [2.05, 4.69) is 36.6 Å². The van der Waals surface area contributed by atoms with Crippen molar-refractivity contribution in [2.45, 2.75) is 31.8 Å². The molecule has 14 heavy (non-hydrogen) atoms. The van der Waals surface area contributed by atoms with Gasteiger partial charge in [0.15, 0.2) is 0 Å². The Morgan fingerprint density at radius 3 is 2.86 bits per heavy atom. The number of nitrogens with zero attached hydrogens (tertiary/aromatic N) is 1. The number of rotatable bonds is 5. The van der Waals surface area contributed by atoms with E-state index in [9.17, 15) is 4.79 Å². The summed E-state index contributed by atoms with van der Waals surface area (Å²) in [7, 11) is 4.15. The van der Waals surface area contributed by atoms with Gasteiger partial charge in [-0.15, -0.1) is 0 Å². The fourth-order valence-corrected chi connectivity index (χ4v) is 1.48. The molecule has 2 N–H and O–H groups in total. The number of carbonyl (C=O) groups is 1. The summed E-state index contributed by atoms with van der Waals surface area (Å²) in [4.78, 5) is 13.1. The summed E-state index contributed by atoms with van der Waals surface area (Å²) in [5.74, 6) is 0.192. The zero-order chi connectivity index (χ0) is 10.6. The molecule has 1 aliphatic heterocycles. The maximum absolute atomic E-state index is 10.9. The Morgan fingerprint density at radius 1 is 1.64 bits per heavy atom. The van der Waals surface area contributed by atoms with Crippen LogP contribution in [0.3, 0.4) is 0 Å². The van der Waals surface area contributed by atoms with Gasteiger partial charge in [0.2, 0.25) is 5.91 Å². The van der Waals surface area contributed by atoms with Gasteiger partial charge in [0, 0.05) is 31.6 Å². The first kappa shape index (κ1) is 11.5. The first-order chi connectivity index (χ1) is 6.59. The van der Waals surface area contributed by atoms with Gasteiger partial charge in [0.05, 0.1) is 0 Å². The second-order valence-electron chi connectivity index (χ2n) is 4.27. The molecular formula is C10H21N3O. The minimum Gasteiger partial charge on any atom is -0.352 e. The van der Waals surface area contributed by atoms with Crippen molar-refractivity contribution < 1.29 is 4.79 Å². The molecule has 0 saturated carbocycles. The zero-order valence-electron chi connectivity index (χ0n) is 9.34. The molecule has 4 heteroatoms. The molecule has 4 nitrogen and oxygen atoms in total. The van der Waals surface area contributed by atoms with Gasteiger partial charge < -0.3 is 15.5 Å². The fraction of sp³-hybridized carbons (Fsp3) is 0.900. The third-order valence-electron chi connectivity index (χ3n) is 2.80. The van der Waals surface area contributed by atoms with Crippen LogP contribution in [0.2, 0.25) is 0 Å². The van der Waals surface area contributed by atoms with Crippen LogP contribution in [0.15, 0.2) is 0 Å². The average Bonchev–Trinajstić information content (AvgIpc) is 2.51. The normalized spacial score (nSPS) is 24.0. The molecule has 0 aromatic heterocycles. The molecule has 0 aromatic carbocycles. The molecule has 1 fully saturated rings. The second-order valence-corrected chi connectivity index (χ2v) is 4.27. The Hall–Kier alpha value is -0.610. The number of hydrogen-bond acceptors (Lipinski definition) is 3. The molecule has 0 spiro atoms. The summed E-state index contributed by atoms with van der Waals surface area (Å²) in [5, 5.41) is 6.31. The van der Waals surface area contributed by atoms with E-state index in [4.69, 9.17) is 0 Å². The SMILES string of the molecule is CC(CNCC1CCC(=O)N1)N(C)C. The molecule has 0 radical (unpaired) electrons. The van der Waals surface area contributed by atoms with Crippen LogP contribution in [0.5, 0.6) is 0 Å². The van der Waals surface area contributed by atoms with Crippen LogP contribution >= 0.6 is 0 Å². The minimum atomic E-state index is 0.192. The number of amides is 1. The molecular weight excluding hydrogens is 178 g/mol. The lowest BCUT2D eigenvalue weighted by molar-refractivity contribution is -0.119. The van der Waals surface area contributed by atoms with E-state index in [0.717, 1.165) is 19.5 Å². The number of hydrogen-bond donors (Lipinski definition) is 2. The van der Waals surface area contributed by atoms with Gasteiger partial charge in [0.25, 0.3) is 0 Å². The fourth-order valence-electron chi connectivity index (χ4n) is 1.48. The summed E-state index contributed by atoms with van der Waals surface area (Å²) in [5.41, 5.74) is 0. The van der Waals surface area contributed by atoms with Gasteiger partial charge in [-0.25, -0.2) is 0 Å². The van der Waals surface area contributed by atoms with Crippen LogP contribution in [0, 0.1) is 0 Å². The molecule has 1 rings (SSSR count). The highest BCUT2D eigenvalue weighted by Crippen LogP contribution is 2.04. The monoisotopic (exact) mass is 199 g/mol. The molecule has 0 aliphatic carbocycles. The molecule has 2 unspecified atom stereocenters. The average molecular weight is 199 g/mol. The Labute approximate surface area is 86.0 Å². The van der Waals surface area contributed by atoms with Crippen LogP contribution in [0.4, 0.5) is 0 Å². The van der Waals surface area contributed by atoms with Crippen molar-refractivity contribution in [3.05, 3.63) is 0 Å². The Bertz CT molecular complexity index is 194. The van der Waals surface area contributed by atoms with Crippen LogP contribution in [-0.2, 0) is 4.79 Å². The first-order valence-corrected chi connectivity index (χ1v) is 5.26.